The molecule has 8 heteroatoms. The standard InChI is InChI=1S/C21H16N6OS/c1-14-3-5-15(6-4-14)20-25-26-21(29-19-13-23-16(11-22)12-24-19)27(20)17-7-9-18(28-2)10-8-17/h3-10,12-13H,1-2H3. The van der Waals surface area contributed by atoms with Crippen molar-refractivity contribution in [1.29, 1.82) is 5.26 Å². The van der Waals surface area contributed by atoms with Gasteiger partial charge in [0.1, 0.15) is 16.8 Å². The molecule has 0 atom stereocenters. The van der Waals surface area contributed by atoms with Crippen molar-refractivity contribution in [3.05, 3.63) is 72.2 Å². The normalized spacial score (nSPS) is 10.5. The lowest BCUT2D eigenvalue weighted by atomic mass is 10.1. The summed E-state index contributed by atoms with van der Waals surface area (Å²) in [6.45, 7) is 2.04. The number of benzene rings is 2. The minimum Gasteiger partial charge on any atom is -0.497 e. The third-order valence-corrected chi connectivity index (χ3v) is 5.08. The molecule has 0 amide bonds. The number of methoxy groups -OCH3 is 1. The fourth-order valence-electron chi connectivity index (χ4n) is 2.71. The van der Waals surface area contributed by atoms with E-state index in [1.807, 2.05) is 66.1 Å². The number of nitrogens with zero attached hydrogens (tertiary/aromatic N) is 6. The maximum absolute atomic E-state index is 8.91. The van der Waals surface area contributed by atoms with Gasteiger partial charge in [-0.05, 0) is 43.0 Å². The number of aryl methyl sites for hydroxylation is 1. The van der Waals surface area contributed by atoms with E-state index in [4.69, 9.17) is 10.00 Å². The summed E-state index contributed by atoms with van der Waals surface area (Å²) < 4.78 is 7.24. The summed E-state index contributed by atoms with van der Waals surface area (Å²) in [7, 11) is 1.64. The first-order chi connectivity index (χ1) is 14.2. The van der Waals surface area contributed by atoms with Crippen LogP contribution in [0.15, 0.2) is 71.1 Å². The number of hydrogen-bond acceptors (Lipinski definition) is 7. The van der Waals surface area contributed by atoms with Crippen LogP contribution in [0.1, 0.15) is 11.3 Å². The Bertz CT molecular complexity index is 1160. The van der Waals surface area contributed by atoms with E-state index in [9.17, 15) is 0 Å². The fraction of sp³-hybridized carbons (Fsp3) is 0.0952. The van der Waals surface area contributed by atoms with Gasteiger partial charge < -0.3 is 4.74 Å². The van der Waals surface area contributed by atoms with Crippen molar-refractivity contribution in [2.75, 3.05) is 7.11 Å². The van der Waals surface area contributed by atoms with Gasteiger partial charge >= 0.3 is 0 Å². The third kappa shape index (κ3) is 3.95. The second-order valence-electron chi connectivity index (χ2n) is 6.16. The Hall–Kier alpha value is -3.70. The van der Waals surface area contributed by atoms with Crippen molar-refractivity contribution in [1.82, 2.24) is 24.7 Å². The summed E-state index contributed by atoms with van der Waals surface area (Å²) in [6.07, 6.45) is 3.00. The monoisotopic (exact) mass is 400 g/mol. The van der Waals surface area contributed by atoms with Gasteiger partial charge in [0, 0.05) is 5.56 Å². The lowest BCUT2D eigenvalue weighted by Gasteiger charge is -2.11. The fourth-order valence-corrected chi connectivity index (χ4v) is 3.47. The van der Waals surface area contributed by atoms with Gasteiger partial charge in [-0.1, -0.05) is 29.8 Å². The highest BCUT2D eigenvalue weighted by molar-refractivity contribution is 7.99. The smallest absolute Gasteiger partial charge is 0.202 e. The van der Waals surface area contributed by atoms with E-state index < -0.39 is 0 Å². The molecule has 0 saturated heterocycles. The lowest BCUT2D eigenvalue weighted by Crippen LogP contribution is -2.00. The Morgan fingerprint density at radius 2 is 1.72 bits per heavy atom. The minimum atomic E-state index is 0.270. The zero-order valence-electron chi connectivity index (χ0n) is 15.8. The molecule has 142 valence electrons. The summed E-state index contributed by atoms with van der Waals surface area (Å²) in [4.78, 5) is 8.35. The molecule has 0 spiro atoms. The first kappa shape index (κ1) is 18.7. The van der Waals surface area contributed by atoms with Gasteiger partial charge in [0.25, 0.3) is 0 Å². The Morgan fingerprint density at radius 3 is 2.34 bits per heavy atom. The highest BCUT2D eigenvalue weighted by atomic mass is 32.2. The molecule has 0 aliphatic heterocycles. The average molecular weight is 400 g/mol. The molecule has 7 nitrogen and oxygen atoms in total. The van der Waals surface area contributed by atoms with E-state index in [1.165, 1.54) is 23.5 Å². The Morgan fingerprint density at radius 1 is 0.966 bits per heavy atom. The van der Waals surface area contributed by atoms with Crippen molar-refractivity contribution < 1.29 is 4.74 Å². The van der Waals surface area contributed by atoms with Crippen LogP contribution >= 0.6 is 11.8 Å². The number of hydrogen-bond donors (Lipinski definition) is 0. The third-order valence-electron chi connectivity index (χ3n) is 4.21. The van der Waals surface area contributed by atoms with Gasteiger partial charge in [0.15, 0.2) is 11.5 Å². The van der Waals surface area contributed by atoms with E-state index in [2.05, 4.69) is 20.2 Å². The molecule has 0 unspecified atom stereocenters. The Balaban J connectivity index is 1.79. The Labute approximate surface area is 172 Å². The molecule has 4 aromatic rings. The van der Waals surface area contributed by atoms with Crippen molar-refractivity contribution in [3.8, 4) is 28.9 Å². The van der Waals surface area contributed by atoms with Crippen LogP contribution in [0.2, 0.25) is 0 Å². The second-order valence-corrected chi connectivity index (χ2v) is 7.15. The average Bonchev–Trinajstić information content (AvgIpc) is 3.18. The molecule has 0 saturated carbocycles. The first-order valence-corrected chi connectivity index (χ1v) is 9.56. The summed E-state index contributed by atoms with van der Waals surface area (Å²) in [5, 5.41) is 19.0. The number of aromatic nitrogens is 5. The summed E-state index contributed by atoms with van der Waals surface area (Å²) in [5.41, 5.74) is 3.30. The highest BCUT2D eigenvalue weighted by Gasteiger charge is 2.17. The van der Waals surface area contributed by atoms with Crippen molar-refractivity contribution in [2.24, 2.45) is 0 Å². The maximum atomic E-state index is 8.91. The van der Waals surface area contributed by atoms with E-state index >= 15 is 0 Å². The zero-order chi connectivity index (χ0) is 20.2. The van der Waals surface area contributed by atoms with Gasteiger partial charge in [-0.25, -0.2) is 9.97 Å². The molecule has 29 heavy (non-hydrogen) atoms. The lowest BCUT2D eigenvalue weighted by molar-refractivity contribution is 0.414. The van der Waals surface area contributed by atoms with Crippen molar-refractivity contribution in [2.45, 2.75) is 17.1 Å². The van der Waals surface area contributed by atoms with Crippen molar-refractivity contribution >= 4 is 11.8 Å². The van der Waals surface area contributed by atoms with Crippen LogP contribution < -0.4 is 4.74 Å². The molecule has 0 aliphatic carbocycles. The van der Waals surface area contributed by atoms with Gasteiger partial charge in [-0.3, -0.25) is 4.57 Å². The molecule has 2 aromatic heterocycles. The van der Waals surface area contributed by atoms with Crippen LogP contribution in [0.3, 0.4) is 0 Å². The first-order valence-electron chi connectivity index (χ1n) is 8.75. The SMILES string of the molecule is COc1ccc(-n2c(Sc3cnc(C#N)cn3)nnc2-c2ccc(C)cc2)cc1. The molecule has 0 aliphatic rings. The highest BCUT2D eigenvalue weighted by Crippen LogP contribution is 2.31. The van der Waals surface area contributed by atoms with Gasteiger partial charge in [0.05, 0.1) is 25.2 Å². The summed E-state index contributed by atoms with van der Waals surface area (Å²) in [5.74, 6) is 1.49. The number of nitriles is 1. The summed E-state index contributed by atoms with van der Waals surface area (Å²) in [6, 6.07) is 17.8. The second kappa shape index (κ2) is 8.12. The van der Waals surface area contributed by atoms with Gasteiger partial charge in [0.2, 0.25) is 5.16 Å². The predicted molar refractivity (Wildman–Crippen MR) is 109 cm³/mol. The van der Waals surface area contributed by atoms with Crippen LogP contribution in [-0.4, -0.2) is 31.8 Å². The number of rotatable bonds is 5. The zero-order valence-corrected chi connectivity index (χ0v) is 16.6. The van der Waals surface area contributed by atoms with E-state index in [-0.39, 0.29) is 5.69 Å². The molecule has 0 N–H and O–H groups in total. The van der Waals surface area contributed by atoms with E-state index in [1.54, 1.807) is 13.3 Å². The molecule has 2 heterocycles. The predicted octanol–water partition coefficient (Wildman–Crippen LogP) is 4.06. The summed E-state index contributed by atoms with van der Waals surface area (Å²) >= 11 is 1.33. The molecule has 4 rings (SSSR count). The topological polar surface area (TPSA) is 89.5 Å². The van der Waals surface area contributed by atoms with Crippen LogP contribution in [0, 0.1) is 18.3 Å². The van der Waals surface area contributed by atoms with Crippen LogP contribution in [0.5, 0.6) is 5.75 Å². The molecule has 2 aromatic carbocycles. The van der Waals surface area contributed by atoms with Crippen LogP contribution in [-0.2, 0) is 0 Å². The molecule has 0 radical (unpaired) electrons. The van der Waals surface area contributed by atoms with Crippen LogP contribution in [0.25, 0.3) is 17.1 Å². The molecule has 0 fully saturated rings. The number of ether oxygens (including phenoxy) is 1. The van der Waals surface area contributed by atoms with E-state index in [0.29, 0.717) is 10.2 Å². The maximum Gasteiger partial charge on any atom is 0.202 e. The van der Waals surface area contributed by atoms with Crippen molar-refractivity contribution in [3.63, 3.8) is 0 Å². The largest absolute Gasteiger partial charge is 0.497 e. The minimum absolute atomic E-state index is 0.270. The Kier molecular flexibility index (Phi) is 5.22. The molecular weight excluding hydrogens is 384 g/mol. The van der Waals surface area contributed by atoms with E-state index in [0.717, 1.165) is 22.8 Å². The van der Waals surface area contributed by atoms with Gasteiger partial charge in [-0.2, -0.15) is 5.26 Å². The van der Waals surface area contributed by atoms with Gasteiger partial charge in [-0.15, -0.1) is 10.2 Å². The molecular formula is C21H16N6OS. The van der Waals surface area contributed by atoms with Crippen LogP contribution in [0.4, 0.5) is 0 Å². The molecule has 0 bridgehead atoms. The quantitative estimate of drug-likeness (QED) is 0.499.